The van der Waals surface area contributed by atoms with Crippen LogP contribution in [0.4, 0.5) is 4.79 Å². The van der Waals surface area contributed by atoms with Crippen LogP contribution in [0, 0.1) is 5.92 Å². The zero-order valence-corrected chi connectivity index (χ0v) is 10.7. The first-order valence-corrected chi connectivity index (χ1v) is 5.70. The molecule has 0 atom stereocenters. The Hall–Kier alpha value is -1.30. The minimum absolute atomic E-state index is 0.274. The first-order valence-electron chi connectivity index (χ1n) is 5.70. The monoisotopic (exact) mass is 246 g/mol. The van der Waals surface area contributed by atoms with E-state index in [2.05, 4.69) is 19.2 Å². The summed E-state index contributed by atoms with van der Waals surface area (Å²) >= 11 is 0. The van der Waals surface area contributed by atoms with Crippen molar-refractivity contribution in [3.8, 4) is 0 Å². The second kappa shape index (κ2) is 8.81. The average molecular weight is 246 g/mol. The molecule has 0 aromatic rings. The lowest BCUT2D eigenvalue weighted by atomic mass is 10.1. The molecular formula is C11H22N2O4. The van der Waals surface area contributed by atoms with Crippen LogP contribution < -0.4 is 5.32 Å². The molecule has 0 aliphatic heterocycles. The van der Waals surface area contributed by atoms with E-state index in [1.165, 1.54) is 12.0 Å². The second-order valence-corrected chi connectivity index (χ2v) is 4.22. The SMILES string of the molecule is COCCN(CC(=O)O)C(=O)NCCC(C)C. The van der Waals surface area contributed by atoms with Crippen LogP contribution in [0.1, 0.15) is 20.3 Å². The Morgan fingerprint density at radius 2 is 2.06 bits per heavy atom. The van der Waals surface area contributed by atoms with E-state index in [0.29, 0.717) is 19.1 Å². The van der Waals surface area contributed by atoms with E-state index >= 15 is 0 Å². The molecule has 6 heteroatoms. The highest BCUT2D eigenvalue weighted by molar-refractivity contribution is 5.80. The number of hydrogen-bond acceptors (Lipinski definition) is 3. The van der Waals surface area contributed by atoms with Crippen molar-refractivity contribution in [2.24, 2.45) is 5.92 Å². The van der Waals surface area contributed by atoms with Gasteiger partial charge in [-0.2, -0.15) is 0 Å². The lowest BCUT2D eigenvalue weighted by Gasteiger charge is -2.21. The molecule has 0 spiro atoms. The Morgan fingerprint density at radius 3 is 2.53 bits per heavy atom. The average Bonchev–Trinajstić information content (AvgIpc) is 2.22. The fourth-order valence-electron chi connectivity index (χ4n) is 1.20. The highest BCUT2D eigenvalue weighted by Gasteiger charge is 2.15. The molecule has 17 heavy (non-hydrogen) atoms. The molecule has 0 saturated heterocycles. The van der Waals surface area contributed by atoms with Crippen LogP contribution in [0.2, 0.25) is 0 Å². The number of carboxylic acids is 1. The second-order valence-electron chi connectivity index (χ2n) is 4.22. The third-order valence-corrected chi connectivity index (χ3v) is 2.18. The summed E-state index contributed by atoms with van der Waals surface area (Å²) in [5.74, 6) is -0.526. The van der Waals surface area contributed by atoms with Gasteiger partial charge in [-0.15, -0.1) is 0 Å². The summed E-state index contributed by atoms with van der Waals surface area (Å²) < 4.78 is 4.83. The quantitative estimate of drug-likeness (QED) is 0.663. The van der Waals surface area contributed by atoms with Crippen molar-refractivity contribution in [1.82, 2.24) is 10.2 Å². The van der Waals surface area contributed by atoms with Gasteiger partial charge in [-0.1, -0.05) is 13.8 Å². The molecule has 2 amide bonds. The number of carbonyl (C=O) groups is 2. The summed E-state index contributed by atoms with van der Waals surface area (Å²) in [7, 11) is 1.51. The van der Waals surface area contributed by atoms with Crippen molar-refractivity contribution in [1.29, 1.82) is 0 Å². The molecule has 0 bridgehead atoms. The number of nitrogens with one attached hydrogen (secondary N) is 1. The molecule has 0 aromatic heterocycles. The topological polar surface area (TPSA) is 78.9 Å². The van der Waals surface area contributed by atoms with Gasteiger partial charge in [0.2, 0.25) is 0 Å². The van der Waals surface area contributed by atoms with Crippen molar-refractivity contribution in [3.05, 3.63) is 0 Å². The summed E-state index contributed by atoms with van der Waals surface area (Å²) in [5, 5.41) is 11.4. The van der Waals surface area contributed by atoms with E-state index in [-0.39, 0.29) is 19.1 Å². The molecular weight excluding hydrogens is 224 g/mol. The van der Waals surface area contributed by atoms with Crippen LogP contribution in [0.5, 0.6) is 0 Å². The Balaban J connectivity index is 4.07. The highest BCUT2D eigenvalue weighted by Crippen LogP contribution is 1.97. The number of rotatable bonds is 8. The predicted octanol–water partition coefficient (Wildman–Crippen LogP) is 0.775. The molecule has 0 aliphatic rings. The number of hydrogen-bond donors (Lipinski definition) is 2. The van der Waals surface area contributed by atoms with E-state index in [1.807, 2.05) is 0 Å². The highest BCUT2D eigenvalue weighted by atomic mass is 16.5. The molecule has 0 saturated carbocycles. The third kappa shape index (κ3) is 8.50. The van der Waals surface area contributed by atoms with Crippen molar-refractivity contribution in [2.75, 3.05) is 33.4 Å². The van der Waals surface area contributed by atoms with Crippen molar-refractivity contribution >= 4 is 12.0 Å². The molecule has 0 aromatic carbocycles. The van der Waals surface area contributed by atoms with E-state index in [0.717, 1.165) is 6.42 Å². The maximum absolute atomic E-state index is 11.7. The van der Waals surface area contributed by atoms with Crippen LogP contribution >= 0.6 is 0 Å². The number of ether oxygens (including phenoxy) is 1. The van der Waals surface area contributed by atoms with Gasteiger partial charge < -0.3 is 20.1 Å². The molecule has 100 valence electrons. The van der Waals surface area contributed by atoms with Gasteiger partial charge in [-0.05, 0) is 12.3 Å². The van der Waals surface area contributed by atoms with E-state index in [9.17, 15) is 9.59 Å². The van der Waals surface area contributed by atoms with Gasteiger partial charge in [-0.25, -0.2) is 4.79 Å². The minimum atomic E-state index is -1.03. The van der Waals surface area contributed by atoms with E-state index in [1.54, 1.807) is 0 Å². The first kappa shape index (κ1) is 15.7. The lowest BCUT2D eigenvalue weighted by Crippen LogP contribution is -2.44. The summed E-state index contributed by atoms with van der Waals surface area (Å²) in [6.07, 6.45) is 0.872. The number of carboxylic acid groups (broad SMARTS) is 1. The van der Waals surface area contributed by atoms with Gasteiger partial charge in [0.25, 0.3) is 0 Å². The zero-order chi connectivity index (χ0) is 13.3. The maximum Gasteiger partial charge on any atom is 0.323 e. The Kier molecular flexibility index (Phi) is 8.13. The van der Waals surface area contributed by atoms with Crippen LogP contribution in [0.3, 0.4) is 0 Å². The fraction of sp³-hybridized carbons (Fsp3) is 0.818. The Labute approximate surface area is 102 Å². The maximum atomic E-state index is 11.7. The predicted molar refractivity (Wildman–Crippen MR) is 63.9 cm³/mol. The van der Waals surface area contributed by atoms with Gasteiger partial charge in [-0.3, -0.25) is 4.79 Å². The number of aliphatic carboxylic acids is 1. The molecule has 0 heterocycles. The van der Waals surface area contributed by atoms with Crippen LogP contribution in [-0.4, -0.2) is 55.4 Å². The summed E-state index contributed by atoms with van der Waals surface area (Å²) in [6.45, 7) is 4.97. The molecule has 6 nitrogen and oxygen atoms in total. The Bertz CT molecular complexity index is 244. The van der Waals surface area contributed by atoms with Crippen LogP contribution in [0.25, 0.3) is 0 Å². The van der Waals surface area contributed by atoms with Gasteiger partial charge in [0, 0.05) is 20.2 Å². The summed E-state index contributed by atoms with van der Waals surface area (Å²) in [5.41, 5.74) is 0. The third-order valence-electron chi connectivity index (χ3n) is 2.18. The summed E-state index contributed by atoms with van der Waals surface area (Å²) in [4.78, 5) is 23.5. The molecule has 2 N–H and O–H groups in total. The first-order chi connectivity index (χ1) is 7.97. The zero-order valence-electron chi connectivity index (χ0n) is 10.7. The largest absolute Gasteiger partial charge is 0.480 e. The smallest absolute Gasteiger partial charge is 0.323 e. The van der Waals surface area contributed by atoms with Crippen molar-refractivity contribution in [2.45, 2.75) is 20.3 Å². The van der Waals surface area contributed by atoms with Crippen LogP contribution in [-0.2, 0) is 9.53 Å². The van der Waals surface area contributed by atoms with Crippen molar-refractivity contribution < 1.29 is 19.4 Å². The minimum Gasteiger partial charge on any atom is -0.480 e. The fourth-order valence-corrected chi connectivity index (χ4v) is 1.20. The molecule has 0 aliphatic carbocycles. The molecule has 0 fully saturated rings. The lowest BCUT2D eigenvalue weighted by molar-refractivity contribution is -0.137. The molecule has 0 unspecified atom stereocenters. The van der Waals surface area contributed by atoms with Gasteiger partial charge in [0.15, 0.2) is 0 Å². The van der Waals surface area contributed by atoms with Crippen LogP contribution in [0.15, 0.2) is 0 Å². The molecule has 0 radical (unpaired) electrons. The Morgan fingerprint density at radius 1 is 1.41 bits per heavy atom. The van der Waals surface area contributed by atoms with E-state index in [4.69, 9.17) is 9.84 Å². The number of urea groups is 1. The number of methoxy groups -OCH3 is 1. The number of nitrogens with zero attached hydrogens (tertiary/aromatic N) is 1. The van der Waals surface area contributed by atoms with Gasteiger partial charge in [0.05, 0.1) is 6.61 Å². The van der Waals surface area contributed by atoms with Crippen molar-refractivity contribution in [3.63, 3.8) is 0 Å². The molecule has 0 rings (SSSR count). The summed E-state index contributed by atoms with van der Waals surface area (Å²) in [6, 6.07) is -0.356. The van der Waals surface area contributed by atoms with Gasteiger partial charge in [0.1, 0.15) is 6.54 Å². The number of carbonyl (C=O) groups excluding carboxylic acids is 1. The number of amides is 2. The normalized spacial score (nSPS) is 10.4. The standard InChI is InChI=1S/C11H22N2O4/c1-9(2)4-5-12-11(16)13(6-7-17-3)8-10(14)15/h9H,4-8H2,1-3H3,(H,12,16)(H,14,15). The van der Waals surface area contributed by atoms with Gasteiger partial charge >= 0.3 is 12.0 Å². The van der Waals surface area contributed by atoms with E-state index < -0.39 is 5.97 Å².